The van der Waals surface area contributed by atoms with Gasteiger partial charge in [0.2, 0.25) is 5.60 Å². The number of hydrogen-bond donors (Lipinski definition) is 2. The Morgan fingerprint density at radius 3 is 1.67 bits per heavy atom. The molecule has 0 bridgehead atoms. The topological polar surface area (TPSA) is 40.5 Å². The summed E-state index contributed by atoms with van der Waals surface area (Å²) in [5, 5.41) is 20.5. The van der Waals surface area contributed by atoms with Gasteiger partial charge in [0.15, 0.2) is 0 Å². The zero-order chi connectivity index (χ0) is 20.5. The quantitative estimate of drug-likeness (QED) is 0.593. The lowest BCUT2D eigenvalue weighted by molar-refractivity contribution is -0.240. The Hall–Kier alpha value is -2.50. The summed E-state index contributed by atoms with van der Waals surface area (Å²) in [5.74, 6) is 3.30. The Kier molecular flexibility index (Phi) is 5.32. The van der Waals surface area contributed by atoms with Crippen LogP contribution in [0.5, 0.6) is 0 Å². The molecule has 0 aliphatic heterocycles. The predicted octanol–water partition coefficient (Wildman–Crippen LogP) is 4.37. The summed E-state index contributed by atoms with van der Waals surface area (Å²) in [5.41, 5.74) is -8.84. The van der Waals surface area contributed by atoms with E-state index in [-0.39, 0.29) is 0 Å². The molecule has 8 heteroatoms. The minimum absolute atomic E-state index is 0.620. The summed E-state index contributed by atoms with van der Waals surface area (Å²) in [6.07, 6.45) is -10.1. The number of hydrogen-bond acceptors (Lipinski definition) is 2. The van der Waals surface area contributed by atoms with Crippen LogP contribution in [0.4, 0.5) is 26.3 Å². The molecule has 2 nitrogen and oxygen atoms in total. The fourth-order valence-corrected chi connectivity index (χ4v) is 2.42. The normalized spacial score (nSPS) is 16.6. The van der Waals surface area contributed by atoms with Gasteiger partial charge in [0.05, 0.1) is 5.56 Å². The molecule has 2 atom stereocenters. The number of alkyl halides is 6. The molecule has 2 N–H and O–H groups in total. The van der Waals surface area contributed by atoms with Gasteiger partial charge in [0.25, 0.3) is 0 Å². The maximum absolute atomic E-state index is 13.4. The van der Waals surface area contributed by atoms with Gasteiger partial charge in [0, 0.05) is 11.1 Å². The van der Waals surface area contributed by atoms with Gasteiger partial charge in [-0.05, 0) is 13.0 Å². The molecule has 0 aliphatic carbocycles. The molecule has 27 heavy (non-hydrogen) atoms. The van der Waals surface area contributed by atoms with Crippen LogP contribution >= 0.6 is 0 Å². The first-order valence-corrected chi connectivity index (χ1v) is 7.57. The first kappa shape index (κ1) is 20.8. The minimum atomic E-state index is -5.25. The van der Waals surface area contributed by atoms with Gasteiger partial charge >= 0.3 is 12.4 Å². The molecule has 0 aromatic heterocycles. The van der Waals surface area contributed by atoms with Crippen LogP contribution in [0.15, 0.2) is 54.6 Å². The lowest BCUT2D eigenvalue weighted by Crippen LogP contribution is -2.41. The molecular formula is C19H14F6O2. The molecular weight excluding hydrogens is 374 g/mol. The molecule has 0 aliphatic rings. The average molecular weight is 388 g/mol. The van der Waals surface area contributed by atoms with Crippen LogP contribution in [0, 0.1) is 11.8 Å². The molecule has 0 amide bonds. The summed E-state index contributed by atoms with van der Waals surface area (Å²) < 4.78 is 79.6. The number of rotatable bonds is 2. The van der Waals surface area contributed by atoms with E-state index in [0.717, 1.165) is 31.2 Å². The van der Waals surface area contributed by atoms with Gasteiger partial charge in [-0.2, -0.15) is 26.3 Å². The van der Waals surface area contributed by atoms with E-state index in [0.29, 0.717) is 6.07 Å². The van der Waals surface area contributed by atoms with Crippen molar-refractivity contribution in [2.75, 3.05) is 0 Å². The molecule has 0 radical (unpaired) electrons. The number of aliphatic hydroxyl groups is 2. The van der Waals surface area contributed by atoms with Gasteiger partial charge in [-0.3, -0.25) is 0 Å². The summed E-state index contributed by atoms with van der Waals surface area (Å²) in [4.78, 5) is 0. The van der Waals surface area contributed by atoms with Crippen LogP contribution in [0.3, 0.4) is 0 Å². The van der Waals surface area contributed by atoms with Gasteiger partial charge in [0.1, 0.15) is 5.60 Å². The second-order valence-electron chi connectivity index (χ2n) is 5.94. The molecule has 0 fully saturated rings. The van der Waals surface area contributed by atoms with E-state index in [1.165, 1.54) is 30.2 Å². The van der Waals surface area contributed by atoms with Crippen molar-refractivity contribution in [3.63, 3.8) is 0 Å². The molecule has 0 unspecified atom stereocenters. The summed E-state index contributed by atoms with van der Waals surface area (Å²) in [6, 6.07) is 9.70. The summed E-state index contributed by atoms with van der Waals surface area (Å²) in [7, 11) is 0. The molecule has 144 valence electrons. The van der Waals surface area contributed by atoms with Crippen molar-refractivity contribution in [2.24, 2.45) is 0 Å². The Bertz CT molecular complexity index is 859. The second kappa shape index (κ2) is 6.91. The van der Waals surface area contributed by atoms with Crippen molar-refractivity contribution in [1.82, 2.24) is 0 Å². The van der Waals surface area contributed by atoms with E-state index >= 15 is 0 Å². The van der Waals surface area contributed by atoms with Gasteiger partial charge < -0.3 is 10.2 Å². The molecule has 2 aromatic carbocycles. The summed E-state index contributed by atoms with van der Waals surface area (Å²) >= 11 is 0. The number of halogens is 6. The highest BCUT2D eigenvalue weighted by molar-refractivity contribution is 5.42. The van der Waals surface area contributed by atoms with Crippen molar-refractivity contribution in [2.45, 2.75) is 30.5 Å². The molecule has 0 saturated heterocycles. The SMILES string of the molecule is C[C@@](O)(C#C[C@@](O)(c1ccccc1)C(F)(F)F)c1ccccc1C(F)(F)F. The van der Waals surface area contributed by atoms with Crippen molar-refractivity contribution in [3.8, 4) is 11.8 Å². The van der Waals surface area contributed by atoms with Crippen LogP contribution in [0.1, 0.15) is 23.6 Å². The standard InChI is InChI=1S/C19H14F6O2/c1-16(26,14-9-5-6-10-15(14)18(20,21)22)11-12-17(27,19(23,24)25)13-7-3-2-4-8-13/h2-10,26-27H,1H3/t16-,17-/m1/s1. The highest BCUT2D eigenvalue weighted by atomic mass is 19.4. The molecule has 0 saturated carbocycles. The maximum Gasteiger partial charge on any atom is 0.433 e. The Balaban J connectivity index is 2.60. The first-order valence-electron chi connectivity index (χ1n) is 7.57. The van der Waals surface area contributed by atoms with Crippen molar-refractivity contribution >= 4 is 0 Å². The Labute approximate surface area is 151 Å². The third kappa shape index (κ3) is 4.26. The summed E-state index contributed by atoms with van der Waals surface area (Å²) in [6.45, 7) is 0.826. The lowest BCUT2D eigenvalue weighted by atomic mass is 9.88. The monoisotopic (exact) mass is 388 g/mol. The third-order valence-corrected chi connectivity index (χ3v) is 3.85. The minimum Gasteiger partial charge on any atom is -0.374 e. The first-order chi connectivity index (χ1) is 12.3. The van der Waals surface area contributed by atoms with Gasteiger partial charge in [-0.15, -0.1) is 0 Å². The fourth-order valence-electron chi connectivity index (χ4n) is 2.42. The van der Waals surface area contributed by atoms with E-state index in [1.807, 2.05) is 0 Å². The number of benzene rings is 2. The van der Waals surface area contributed by atoms with E-state index in [4.69, 9.17) is 0 Å². The van der Waals surface area contributed by atoms with Crippen molar-refractivity contribution in [1.29, 1.82) is 0 Å². The highest BCUT2D eigenvalue weighted by Gasteiger charge is 2.54. The Morgan fingerprint density at radius 1 is 0.704 bits per heavy atom. The molecule has 0 heterocycles. The van der Waals surface area contributed by atoms with Crippen LogP contribution in [-0.4, -0.2) is 16.4 Å². The zero-order valence-corrected chi connectivity index (χ0v) is 13.9. The predicted molar refractivity (Wildman–Crippen MR) is 85.2 cm³/mol. The molecule has 2 aromatic rings. The van der Waals surface area contributed by atoms with E-state index in [2.05, 4.69) is 0 Å². The maximum atomic E-state index is 13.4. The zero-order valence-electron chi connectivity index (χ0n) is 13.9. The average Bonchev–Trinajstić information content (AvgIpc) is 2.59. The van der Waals surface area contributed by atoms with Crippen molar-refractivity contribution < 1.29 is 36.6 Å². The third-order valence-electron chi connectivity index (χ3n) is 3.85. The van der Waals surface area contributed by atoms with Gasteiger partial charge in [-0.1, -0.05) is 60.4 Å². The van der Waals surface area contributed by atoms with Gasteiger partial charge in [-0.25, -0.2) is 0 Å². The van der Waals surface area contributed by atoms with E-state index in [1.54, 1.807) is 5.92 Å². The lowest BCUT2D eigenvalue weighted by Gasteiger charge is -2.27. The smallest absolute Gasteiger partial charge is 0.374 e. The van der Waals surface area contributed by atoms with Crippen LogP contribution < -0.4 is 0 Å². The fraction of sp³-hybridized carbons (Fsp3) is 0.263. The van der Waals surface area contributed by atoms with Crippen molar-refractivity contribution in [3.05, 3.63) is 71.3 Å². The van der Waals surface area contributed by atoms with Crippen LogP contribution in [0.25, 0.3) is 0 Å². The highest BCUT2D eigenvalue weighted by Crippen LogP contribution is 2.40. The molecule has 2 rings (SSSR count). The van der Waals surface area contributed by atoms with E-state index in [9.17, 15) is 36.6 Å². The Morgan fingerprint density at radius 2 is 1.19 bits per heavy atom. The molecule has 0 spiro atoms. The largest absolute Gasteiger partial charge is 0.433 e. The second-order valence-corrected chi connectivity index (χ2v) is 5.94. The van der Waals surface area contributed by atoms with E-state index < -0.39 is 40.2 Å². The van der Waals surface area contributed by atoms with Crippen LogP contribution in [-0.2, 0) is 17.4 Å². The van der Waals surface area contributed by atoms with Crippen LogP contribution in [0.2, 0.25) is 0 Å².